The molecule has 1 aromatic heterocycles. The fourth-order valence-corrected chi connectivity index (χ4v) is 2.55. The summed E-state index contributed by atoms with van der Waals surface area (Å²) in [6.07, 6.45) is 4.98. The second-order valence-electron chi connectivity index (χ2n) is 3.53. The highest BCUT2D eigenvalue weighted by Crippen LogP contribution is 2.29. The zero-order valence-corrected chi connectivity index (χ0v) is 9.52. The lowest BCUT2D eigenvalue weighted by atomic mass is 10.0. The molecule has 5 heteroatoms. The van der Waals surface area contributed by atoms with Gasteiger partial charge in [-0.2, -0.15) is 5.48 Å². The van der Waals surface area contributed by atoms with E-state index in [4.69, 9.17) is 4.84 Å². The number of aromatic nitrogens is 1. The van der Waals surface area contributed by atoms with Crippen LogP contribution in [0.25, 0.3) is 0 Å². The van der Waals surface area contributed by atoms with Crippen LogP contribution >= 0.6 is 11.3 Å². The van der Waals surface area contributed by atoms with Gasteiger partial charge in [0, 0.05) is 11.3 Å². The van der Waals surface area contributed by atoms with E-state index in [1.54, 1.807) is 18.3 Å². The smallest absolute Gasteiger partial charge is 0.331 e. The minimum absolute atomic E-state index is 0.261. The molecule has 0 spiro atoms. The van der Waals surface area contributed by atoms with Crippen molar-refractivity contribution in [1.29, 1.82) is 0 Å². The highest BCUT2D eigenvalue weighted by Gasteiger charge is 2.15. The Hall–Kier alpha value is -1.10. The summed E-state index contributed by atoms with van der Waals surface area (Å²) >= 11 is 1.59. The van der Waals surface area contributed by atoms with E-state index in [0.717, 1.165) is 12.8 Å². The van der Waals surface area contributed by atoms with Crippen LogP contribution in [0.3, 0.4) is 0 Å². The largest absolute Gasteiger partial charge is 0.341 e. The topological polar surface area (TPSA) is 51.2 Å². The summed E-state index contributed by atoms with van der Waals surface area (Å²) in [6, 6.07) is 0. The van der Waals surface area contributed by atoms with Crippen molar-refractivity contribution in [3.05, 3.63) is 10.6 Å². The third-order valence-electron chi connectivity index (χ3n) is 2.39. The summed E-state index contributed by atoms with van der Waals surface area (Å²) in [6.45, 7) is 1.76. The summed E-state index contributed by atoms with van der Waals surface area (Å²) < 4.78 is 0. The van der Waals surface area contributed by atoms with E-state index in [9.17, 15) is 4.79 Å². The van der Waals surface area contributed by atoms with Crippen molar-refractivity contribution in [1.82, 2.24) is 4.98 Å². The standard InChI is InChI=1S/C10H14N2O2S/c1-2-9(13)14-12-10-11-7-5-3-4-6-8(7)15-10/h2-6H2,1H3,(H,11,12). The molecule has 0 aromatic carbocycles. The average molecular weight is 226 g/mol. The Morgan fingerprint density at radius 1 is 1.53 bits per heavy atom. The van der Waals surface area contributed by atoms with Crippen molar-refractivity contribution >= 4 is 22.4 Å². The van der Waals surface area contributed by atoms with Gasteiger partial charge in [-0.15, -0.1) is 0 Å². The van der Waals surface area contributed by atoms with Gasteiger partial charge in [-0.25, -0.2) is 9.78 Å². The van der Waals surface area contributed by atoms with Crippen LogP contribution in [-0.2, 0) is 22.5 Å². The maximum Gasteiger partial charge on any atom is 0.331 e. The zero-order chi connectivity index (χ0) is 10.7. The molecule has 0 saturated heterocycles. The lowest BCUT2D eigenvalue weighted by Crippen LogP contribution is -2.08. The Morgan fingerprint density at radius 2 is 2.33 bits per heavy atom. The molecule has 0 fully saturated rings. The van der Waals surface area contributed by atoms with Gasteiger partial charge in [0.25, 0.3) is 0 Å². The van der Waals surface area contributed by atoms with Crippen LogP contribution in [0.5, 0.6) is 0 Å². The van der Waals surface area contributed by atoms with Gasteiger partial charge >= 0.3 is 5.97 Å². The molecular weight excluding hydrogens is 212 g/mol. The molecule has 2 rings (SSSR count). The first kappa shape index (κ1) is 10.4. The van der Waals surface area contributed by atoms with Gasteiger partial charge < -0.3 is 4.84 Å². The van der Waals surface area contributed by atoms with Crippen molar-refractivity contribution < 1.29 is 9.63 Å². The number of aryl methyl sites for hydroxylation is 2. The predicted octanol–water partition coefficient (Wildman–Crippen LogP) is 2.30. The Labute approximate surface area is 92.6 Å². The van der Waals surface area contributed by atoms with Crippen molar-refractivity contribution in [2.75, 3.05) is 5.48 Å². The molecule has 4 nitrogen and oxygen atoms in total. The summed E-state index contributed by atoms with van der Waals surface area (Å²) in [7, 11) is 0. The summed E-state index contributed by atoms with van der Waals surface area (Å²) in [5.74, 6) is -0.261. The van der Waals surface area contributed by atoms with Gasteiger partial charge in [0.15, 0.2) is 0 Å². The van der Waals surface area contributed by atoms with Crippen molar-refractivity contribution in [3.63, 3.8) is 0 Å². The molecule has 1 aliphatic rings. The number of fused-ring (bicyclic) bond motifs is 1. The molecule has 1 heterocycles. The Balaban J connectivity index is 1.97. The first-order valence-corrected chi connectivity index (χ1v) is 6.05. The fourth-order valence-electron chi connectivity index (χ4n) is 1.57. The van der Waals surface area contributed by atoms with Crippen LogP contribution < -0.4 is 5.48 Å². The molecule has 15 heavy (non-hydrogen) atoms. The third-order valence-corrected chi connectivity index (χ3v) is 3.44. The number of carbonyl (C=O) groups excluding carboxylic acids is 1. The molecule has 0 aliphatic heterocycles. The lowest BCUT2D eigenvalue weighted by Gasteiger charge is -2.06. The van der Waals surface area contributed by atoms with Crippen LogP contribution in [0.1, 0.15) is 36.8 Å². The van der Waals surface area contributed by atoms with E-state index in [-0.39, 0.29) is 5.97 Å². The van der Waals surface area contributed by atoms with Crippen LogP contribution in [-0.4, -0.2) is 11.0 Å². The minimum Gasteiger partial charge on any atom is -0.341 e. The van der Waals surface area contributed by atoms with E-state index >= 15 is 0 Å². The molecule has 82 valence electrons. The zero-order valence-electron chi connectivity index (χ0n) is 8.71. The molecule has 0 amide bonds. The van der Waals surface area contributed by atoms with Gasteiger partial charge in [-0.1, -0.05) is 18.3 Å². The number of anilines is 1. The van der Waals surface area contributed by atoms with Gasteiger partial charge in [-0.05, 0) is 25.7 Å². The first-order chi connectivity index (χ1) is 7.29. The monoisotopic (exact) mass is 226 g/mol. The number of rotatable bonds is 3. The van der Waals surface area contributed by atoms with Gasteiger partial charge in [0.2, 0.25) is 5.13 Å². The number of carbonyl (C=O) groups is 1. The highest BCUT2D eigenvalue weighted by molar-refractivity contribution is 7.15. The molecule has 0 saturated carbocycles. The summed E-state index contributed by atoms with van der Waals surface area (Å²) in [5, 5.41) is 0.698. The molecule has 1 aromatic rings. The van der Waals surface area contributed by atoms with Crippen molar-refractivity contribution in [3.8, 4) is 0 Å². The maximum atomic E-state index is 10.9. The summed E-state index contributed by atoms with van der Waals surface area (Å²) in [4.78, 5) is 21.5. The van der Waals surface area contributed by atoms with Crippen LogP contribution in [0.2, 0.25) is 0 Å². The van der Waals surface area contributed by atoms with E-state index in [2.05, 4.69) is 10.5 Å². The second-order valence-corrected chi connectivity index (χ2v) is 4.61. The van der Waals surface area contributed by atoms with E-state index in [0.29, 0.717) is 11.6 Å². The molecule has 1 aliphatic carbocycles. The maximum absolute atomic E-state index is 10.9. The predicted molar refractivity (Wildman–Crippen MR) is 58.8 cm³/mol. The molecule has 0 atom stereocenters. The van der Waals surface area contributed by atoms with E-state index < -0.39 is 0 Å². The number of hydrogen-bond donors (Lipinski definition) is 1. The summed E-state index contributed by atoms with van der Waals surface area (Å²) in [5.41, 5.74) is 3.78. The minimum atomic E-state index is -0.261. The van der Waals surface area contributed by atoms with E-state index in [1.165, 1.54) is 23.4 Å². The number of nitrogens with one attached hydrogen (secondary N) is 1. The van der Waals surface area contributed by atoms with E-state index in [1.807, 2.05) is 0 Å². The van der Waals surface area contributed by atoms with Crippen molar-refractivity contribution in [2.45, 2.75) is 39.0 Å². The normalized spacial score (nSPS) is 14.5. The molecule has 1 N–H and O–H groups in total. The third kappa shape index (κ3) is 2.47. The van der Waals surface area contributed by atoms with Crippen LogP contribution in [0.4, 0.5) is 5.13 Å². The average Bonchev–Trinajstić information content (AvgIpc) is 2.68. The molecule has 0 bridgehead atoms. The molecular formula is C10H14N2O2S. The van der Waals surface area contributed by atoms with Crippen LogP contribution in [0, 0.1) is 0 Å². The number of thiazole rings is 1. The quantitative estimate of drug-likeness (QED) is 0.803. The van der Waals surface area contributed by atoms with Gasteiger partial charge in [-0.3, -0.25) is 0 Å². The highest BCUT2D eigenvalue weighted by atomic mass is 32.1. The Bertz CT molecular complexity index is 339. The van der Waals surface area contributed by atoms with Crippen molar-refractivity contribution in [2.24, 2.45) is 0 Å². The van der Waals surface area contributed by atoms with Gasteiger partial charge in [0.1, 0.15) is 0 Å². The Kier molecular flexibility index (Phi) is 3.20. The SMILES string of the molecule is CCC(=O)ONc1nc2c(s1)CCCC2. The molecule has 0 unspecified atom stereocenters. The molecule has 0 radical (unpaired) electrons. The number of hydrogen-bond acceptors (Lipinski definition) is 5. The lowest BCUT2D eigenvalue weighted by molar-refractivity contribution is -0.140. The first-order valence-electron chi connectivity index (χ1n) is 5.24. The van der Waals surface area contributed by atoms with Gasteiger partial charge in [0.05, 0.1) is 5.69 Å². The Morgan fingerprint density at radius 3 is 3.07 bits per heavy atom. The van der Waals surface area contributed by atoms with Crippen LogP contribution in [0.15, 0.2) is 0 Å². The number of nitrogens with zero attached hydrogens (tertiary/aromatic N) is 1. The second kappa shape index (κ2) is 4.61. The fraction of sp³-hybridized carbons (Fsp3) is 0.600.